The van der Waals surface area contributed by atoms with Crippen LogP contribution >= 0.6 is 0 Å². The van der Waals surface area contributed by atoms with Gasteiger partial charge in [0.15, 0.2) is 0 Å². The third kappa shape index (κ3) is 4.44. The van der Waals surface area contributed by atoms with E-state index in [1.165, 1.54) is 0 Å². The fourth-order valence-corrected chi connectivity index (χ4v) is 3.93. The first kappa shape index (κ1) is 20.9. The van der Waals surface area contributed by atoms with Gasteiger partial charge in [-0.2, -0.15) is 0 Å². The highest BCUT2D eigenvalue weighted by molar-refractivity contribution is 6.04. The molecule has 1 fully saturated rings. The van der Waals surface area contributed by atoms with Crippen molar-refractivity contribution in [2.45, 2.75) is 41.0 Å². The minimum absolute atomic E-state index is 0.00690. The second-order valence-electron chi connectivity index (χ2n) is 7.86. The molecule has 1 heterocycles. The van der Waals surface area contributed by atoms with Crippen molar-refractivity contribution in [3.8, 4) is 0 Å². The summed E-state index contributed by atoms with van der Waals surface area (Å²) >= 11 is 0. The molecule has 2 amide bonds. The number of benzene rings is 2. The first-order valence-electron chi connectivity index (χ1n) is 10.4. The zero-order valence-electron chi connectivity index (χ0n) is 18.1. The number of carbonyl (C=O) groups is 2. The van der Waals surface area contributed by atoms with Crippen LogP contribution in [-0.4, -0.2) is 31.4 Å². The van der Waals surface area contributed by atoms with Gasteiger partial charge in [0.25, 0.3) is 0 Å². The van der Waals surface area contributed by atoms with Crippen LogP contribution in [-0.2, 0) is 9.59 Å². The van der Waals surface area contributed by atoms with E-state index in [0.29, 0.717) is 6.54 Å². The molecule has 0 bridgehead atoms. The molecule has 3 rings (SSSR count). The molecule has 2 aromatic rings. The minimum atomic E-state index is -0.343. The second kappa shape index (κ2) is 8.68. The van der Waals surface area contributed by atoms with E-state index in [0.717, 1.165) is 46.8 Å². The minimum Gasteiger partial charge on any atom is -0.372 e. The average Bonchev–Trinajstić information content (AvgIpc) is 3.08. The van der Waals surface area contributed by atoms with Crippen molar-refractivity contribution in [2.75, 3.05) is 34.8 Å². The first-order chi connectivity index (χ1) is 13.8. The molecule has 2 aromatic carbocycles. The molecular formula is C24H31N3O2. The maximum Gasteiger partial charge on any atom is 0.229 e. The molecule has 1 atom stereocenters. The SMILES string of the molecule is CCN(CC)c1ccc(NC(=O)C2CC(=O)N(c3cc(C)ccc3C)C2)c(C)c1. The van der Waals surface area contributed by atoms with Crippen molar-refractivity contribution in [1.29, 1.82) is 0 Å². The summed E-state index contributed by atoms with van der Waals surface area (Å²) < 4.78 is 0. The van der Waals surface area contributed by atoms with Crippen LogP contribution in [0.4, 0.5) is 17.1 Å². The quantitative estimate of drug-likeness (QED) is 0.789. The Morgan fingerprint density at radius 3 is 2.45 bits per heavy atom. The second-order valence-corrected chi connectivity index (χ2v) is 7.86. The summed E-state index contributed by atoms with van der Waals surface area (Å²) in [5, 5.41) is 3.04. The van der Waals surface area contributed by atoms with Crippen LogP contribution in [0.1, 0.15) is 37.0 Å². The lowest BCUT2D eigenvalue weighted by atomic mass is 10.1. The van der Waals surface area contributed by atoms with E-state index >= 15 is 0 Å². The summed E-state index contributed by atoms with van der Waals surface area (Å²) in [7, 11) is 0. The van der Waals surface area contributed by atoms with Crippen LogP contribution in [0.25, 0.3) is 0 Å². The van der Waals surface area contributed by atoms with Crippen molar-refractivity contribution in [2.24, 2.45) is 5.92 Å². The highest BCUT2D eigenvalue weighted by atomic mass is 16.2. The monoisotopic (exact) mass is 393 g/mol. The number of hydrogen-bond acceptors (Lipinski definition) is 3. The molecule has 0 spiro atoms. The lowest BCUT2D eigenvalue weighted by molar-refractivity contribution is -0.122. The van der Waals surface area contributed by atoms with Gasteiger partial charge in [-0.15, -0.1) is 0 Å². The summed E-state index contributed by atoms with van der Waals surface area (Å²) in [6, 6.07) is 12.2. The van der Waals surface area contributed by atoms with Gasteiger partial charge < -0.3 is 15.1 Å². The topological polar surface area (TPSA) is 52.7 Å². The van der Waals surface area contributed by atoms with Crippen LogP contribution in [0.3, 0.4) is 0 Å². The Balaban J connectivity index is 1.72. The Bertz CT molecular complexity index is 918. The van der Waals surface area contributed by atoms with Crippen molar-refractivity contribution >= 4 is 28.9 Å². The molecule has 5 heteroatoms. The van der Waals surface area contributed by atoms with Gasteiger partial charge in [-0.1, -0.05) is 12.1 Å². The van der Waals surface area contributed by atoms with Crippen LogP contribution in [0, 0.1) is 26.7 Å². The number of nitrogens with zero attached hydrogens (tertiary/aromatic N) is 2. The molecule has 0 aromatic heterocycles. The molecule has 5 nitrogen and oxygen atoms in total. The molecule has 0 radical (unpaired) electrons. The van der Waals surface area contributed by atoms with Gasteiger partial charge in [0.1, 0.15) is 0 Å². The molecule has 29 heavy (non-hydrogen) atoms. The normalized spacial score (nSPS) is 16.2. The molecule has 0 saturated carbocycles. The number of carbonyl (C=O) groups excluding carboxylic acids is 2. The number of nitrogens with one attached hydrogen (secondary N) is 1. The van der Waals surface area contributed by atoms with Gasteiger partial charge in [0.05, 0.1) is 5.92 Å². The van der Waals surface area contributed by atoms with Crippen molar-refractivity contribution in [1.82, 2.24) is 0 Å². The fraction of sp³-hybridized carbons (Fsp3) is 0.417. The standard InChI is InChI=1S/C24H31N3O2/c1-6-26(7-2)20-10-11-21(18(5)13-20)25-24(29)19-14-23(28)27(15-19)22-12-16(3)8-9-17(22)4/h8-13,19H,6-7,14-15H2,1-5H3,(H,25,29). The largest absolute Gasteiger partial charge is 0.372 e. The Labute approximate surface area is 173 Å². The lowest BCUT2D eigenvalue weighted by Gasteiger charge is -2.22. The third-order valence-corrected chi connectivity index (χ3v) is 5.75. The van der Waals surface area contributed by atoms with E-state index in [2.05, 4.69) is 30.1 Å². The summed E-state index contributed by atoms with van der Waals surface area (Å²) in [5.74, 6) is -0.429. The highest BCUT2D eigenvalue weighted by Gasteiger charge is 2.35. The predicted molar refractivity (Wildman–Crippen MR) is 120 cm³/mol. The smallest absolute Gasteiger partial charge is 0.229 e. The summed E-state index contributed by atoms with van der Waals surface area (Å²) in [6.07, 6.45) is 0.246. The zero-order chi connectivity index (χ0) is 21.1. The Kier molecular flexibility index (Phi) is 6.26. The van der Waals surface area contributed by atoms with Gasteiger partial charge in [-0.3, -0.25) is 9.59 Å². The van der Waals surface area contributed by atoms with Crippen LogP contribution in [0.15, 0.2) is 36.4 Å². The van der Waals surface area contributed by atoms with Crippen molar-refractivity contribution in [3.05, 3.63) is 53.1 Å². The van der Waals surface area contributed by atoms with E-state index in [1.807, 2.05) is 51.1 Å². The van der Waals surface area contributed by atoms with Crippen LogP contribution < -0.4 is 15.1 Å². The van der Waals surface area contributed by atoms with Gasteiger partial charge in [-0.25, -0.2) is 0 Å². The summed E-state index contributed by atoms with van der Waals surface area (Å²) in [6.45, 7) is 12.6. The lowest BCUT2D eigenvalue weighted by Crippen LogP contribution is -2.28. The molecule has 0 aliphatic carbocycles. The fourth-order valence-electron chi connectivity index (χ4n) is 3.93. The molecule has 154 valence electrons. The van der Waals surface area contributed by atoms with E-state index in [9.17, 15) is 9.59 Å². The Hall–Kier alpha value is -2.82. The number of aryl methyl sites for hydroxylation is 3. The number of hydrogen-bond donors (Lipinski definition) is 1. The number of rotatable bonds is 6. The Morgan fingerprint density at radius 2 is 1.79 bits per heavy atom. The Morgan fingerprint density at radius 1 is 1.07 bits per heavy atom. The van der Waals surface area contributed by atoms with E-state index < -0.39 is 0 Å². The van der Waals surface area contributed by atoms with Crippen LogP contribution in [0.2, 0.25) is 0 Å². The maximum absolute atomic E-state index is 12.9. The molecule has 1 unspecified atom stereocenters. The van der Waals surface area contributed by atoms with Crippen molar-refractivity contribution < 1.29 is 9.59 Å². The van der Waals surface area contributed by atoms with Crippen molar-refractivity contribution in [3.63, 3.8) is 0 Å². The first-order valence-corrected chi connectivity index (χ1v) is 10.4. The van der Waals surface area contributed by atoms with E-state index in [1.54, 1.807) is 4.90 Å². The molecule has 1 aliphatic heterocycles. The average molecular weight is 394 g/mol. The van der Waals surface area contributed by atoms with E-state index in [-0.39, 0.29) is 24.2 Å². The van der Waals surface area contributed by atoms with Gasteiger partial charge in [0, 0.05) is 43.1 Å². The zero-order valence-corrected chi connectivity index (χ0v) is 18.1. The summed E-state index contributed by atoms with van der Waals surface area (Å²) in [4.78, 5) is 29.5. The highest BCUT2D eigenvalue weighted by Crippen LogP contribution is 2.30. The molecule has 1 N–H and O–H groups in total. The maximum atomic E-state index is 12.9. The van der Waals surface area contributed by atoms with Crippen LogP contribution in [0.5, 0.6) is 0 Å². The van der Waals surface area contributed by atoms with Gasteiger partial charge >= 0.3 is 0 Å². The molecular weight excluding hydrogens is 362 g/mol. The predicted octanol–water partition coefficient (Wildman–Crippen LogP) is 4.45. The van der Waals surface area contributed by atoms with Gasteiger partial charge in [0.2, 0.25) is 11.8 Å². The molecule has 1 saturated heterocycles. The van der Waals surface area contributed by atoms with Gasteiger partial charge in [-0.05, 0) is 75.6 Å². The number of anilines is 3. The van der Waals surface area contributed by atoms with E-state index in [4.69, 9.17) is 0 Å². The summed E-state index contributed by atoms with van der Waals surface area (Å²) in [5.41, 5.74) is 6.05. The third-order valence-electron chi connectivity index (χ3n) is 5.75. The number of amides is 2. The molecule has 1 aliphatic rings.